The summed E-state index contributed by atoms with van der Waals surface area (Å²) >= 11 is 3.55. The molecule has 0 spiro atoms. The molecule has 4 heteroatoms. The average Bonchev–Trinajstić information content (AvgIpc) is 2.57. The van der Waals surface area contributed by atoms with Crippen molar-refractivity contribution in [1.29, 1.82) is 0 Å². The normalized spacial score (nSPS) is 18.5. The van der Waals surface area contributed by atoms with Crippen LogP contribution >= 0.6 is 15.9 Å². The van der Waals surface area contributed by atoms with Gasteiger partial charge in [-0.05, 0) is 61.2 Å². The van der Waals surface area contributed by atoms with E-state index in [0.29, 0.717) is 11.6 Å². The van der Waals surface area contributed by atoms with Crippen LogP contribution in [0, 0.1) is 0 Å². The van der Waals surface area contributed by atoms with Gasteiger partial charge in [-0.25, -0.2) is 4.79 Å². The molecule has 0 saturated carbocycles. The predicted molar refractivity (Wildman–Crippen MR) is 99.3 cm³/mol. The standard InChI is InChI=1S/C20H22BrNO2/c21-18-8-4-5-15(12-18)13-19-9-1-2-10-22(19)14-16-6-3-7-17(11-16)20(23)24/h3-8,11-12,19H,1-2,9-10,13-14H2,(H,23,24). The first-order valence-corrected chi connectivity index (χ1v) is 9.22. The topological polar surface area (TPSA) is 40.5 Å². The Balaban J connectivity index is 1.72. The SMILES string of the molecule is O=C(O)c1cccc(CN2CCCCC2Cc2cccc(Br)c2)c1. The molecule has 24 heavy (non-hydrogen) atoms. The Morgan fingerprint density at radius 2 is 1.92 bits per heavy atom. The van der Waals surface area contributed by atoms with E-state index in [0.717, 1.165) is 29.5 Å². The van der Waals surface area contributed by atoms with Gasteiger partial charge in [-0.15, -0.1) is 0 Å². The van der Waals surface area contributed by atoms with Gasteiger partial charge < -0.3 is 5.11 Å². The minimum absolute atomic E-state index is 0.369. The lowest BCUT2D eigenvalue weighted by atomic mass is 9.95. The zero-order chi connectivity index (χ0) is 16.9. The second kappa shape index (κ2) is 7.95. The summed E-state index contributed by atoms with van der Waals surface area (Å²) in [7, 11) is 0. The van der Waals surface area contributed by atoms with Crippen molar-refractivity contribution in [3.63, 3.8) is 0 Å². The van der Waals surface area contributed by atoms with Gasteiger partial charge in [0.15, 0.2) is 0 Å². The first-order valence-electron chi connectivity index (χ1n) is 8.42. The number of likely N-dealkylation sites (tertiary alicyclic amines) is 1. The quantitative estimate of drug-likeness (QED) is 0.804. The summed E-state index contributed by atoms with van der Waals surface area (Å²) in [5.74, 6) is -0.860. The molecule has 0 aromatic heterocycles. The summed E-state index contributed by atoms with van der Waals surface area (Å²) in [5.41, 5.74) is 2.80. The van der Waals surface area contributed by atoms with Crippen LogP contribution in [0.1, 0.15) is 40.7 Å². The van der Waals surface area contributed by atoms with Gasteiger partial charge in [0.05, 0.1) is 5.56 Å². The van der Waals surface area contributed by atoms with Crippen LogP contribution in [0.3, 0.4) is 0 Å². The number of carbonyl (C=O) groups is 1. The van der Waals surface area contributed by atoms with E-state index in [2.05, 4.69) is 45.1 Å². The Morgan fingerprint density at radius 1 is 1.12 bits per heavy atom. The number of hydrogen-bond acceptors (Lipinski definition) is 2. The van der Waals surface area contributed by atoms with Crippen molar-refractivity contribution in [3.8, 4) is 0 Å². The molecule has 1 heterocycles. The largest absolute Gasteiger partial charge is 0.478 e. The van der Waals surface area contributed by atoms with Gasteiger partial charge in [-0.1, -0.05) is 46.6 Å². The van der Waals surface area contributed by atoms with E-state index in [9.17, 15) is 4.79 Å². The molecule has 3 nitrogen and oxygen atoms in total. The van der Waals surface area contributed by atoms with Crippen molar-refractivity contribution in [3.05, 3.63) is 69.7 Å². The van der Waals surface area contributed by atoms with Crippen LogP contribution in [0.4, 0.5) is 0 Å². The van der Waals surface area contributed by atoms with Crippen LogP contribution in [0.5, 0.6) is 0 Å². The Labute approximate surface area is 151 Å². The molecule has 1 N–H and O–H groups in total. The number of rotatable bonds is 5. The zero-order valence-corrected chi connectivity index (χ0v) is 15.2. The molecule has 3 rings (SSSR count). The molecular formula is C20H22BrNO2. The van der Waals surface area contributed by atoms with Crippen LogP contribution in [0.2, 0.25) is 0 Å². The molecule has 0 radical (unpaired) electrons. The van der Waals surface area contributed by atoms with Gasteiger partial charge in [0.2, 0.25) is 0 Å². The molecular weight excluding hydrogens is 366 g/mol. The molecule has 126 valence electrons. The van der Waals surface area contributed by atoms with Crippen LogP contribution in [-0.2, 0) is 13.0 Å². The van der Waals surface area contributed by atoms with Crippen LogP contribution in [-0.4, -0.2) is 28.6 Å². The Hall–Kier alpha value is -1.65. The van der Waals surface area contributed by atoms with E-state index in [1.54, 1.807) is 12.1 Å². The van der Waals surface area contributed by atoms with Crippen molar-refractivity contribution in [2.45, 2.75) is 38.3 Å². The highest BCUT2D eigenvalue weighted by Gasteiger charge is 2.23. The third-order valence-corrected chi connectivity index (χ3v) is 5.16. The summed E-state index contributed by atoms with van der Waals surface area (Å²) < 4.78 is 1.12. The number of piperidine rings is 1. The van der Waals surface area contributed by atoms with Gasteiger partial charge >= 0.3 is 5.97 Å². The number of benzene rings is 2. The minimum Gasteiger partial charge on any atom is -0.478 e. The second-order valence-corrected chi connectivity index (χ2v) is 7.38. The average molecular weight is 388 g/mol. The zero-order valence-electron chi connectivity index (χ0n) is 13.6. The van der Waals surface area contributed by atoms with Gasteiger partial charge in [0.25, 0.3) is 0 Å². The second-order valence-electron chi connectivity index (χ2n) is 6.46. The first-order chi connectivity index (χ1) is 11.6. The monoisotopic (exact) mass is 387 g/mol. The van der Waals surface area contributed by atoms with Gasteiger partial charge in [0, 0.05) is 17.1 Å². The highest BCUT2D eigenvalue weighted by molar-refractivity contribution is 9.10. The lowest BCUT2D eigenvalue weighted by Gasteiger charge is -2.36. The smallest absolute Gasteiger partial charge is 0.335 e. The van der Waals surface area contributed by atoms with Crippen molar-refractivity contribution in [1.82, 2.24) is 4.90 Å². The molecule has 0 amide bonds. The maximum atomic E-state index is 11.2. The number of halogens is 1. The highest BCUT2D eigenvalue weighted by atomic mass is 79.9. The van der Waals surface area contributed by atoms with E-state index in [1.807, 2.05) is 12.1 Å². The highest BCUT2D eigenvalue weighted by Crippen LogP contribution is 2.24. The molecule has 1 aliphatic heterocycles. The molecule has 2 aromatic carbocycles. The fraction of sp³-hybridized carbons (Fsp3) is 0.350. The van der Waals surface area contributed by atoms with Crippen LogP contribution in [0.15, 0.2) is 53.0 Å². The molecule has 1 atom stereocenters. The number of carboxylic acid groups (broad SMARTS) is 1. The number of hydrogen-bond donors (Lipinski definition) is 1. The van der Waals surface area contributed by atoms with Crippen molar-refractivity contribution in [2.24, 2.45) is 0 Å². The Kier molecular flexibility index (Phi) is 5.69. The lowest BCUT2D eigenvalue weighted by molar-refractivity contribution is 0.0696. The van der Waals surface area contributed by atoms with E-state index < -0.39 is 5.97 Å². The molecule has 1 fully saturated rings. The molecule has 0 bridgehead atoms. The van der Waals surface area contributed by atoms with E-state index >= 15 is 0 Å². The molecule has 0 aliphatic carbocycles. The minimum atomic E-state index is -0.860. The summed E-state index contributed by atoms with van der Waals surface area (Å²) in [6.07, 6.45) is 4.72. The summed E-state index contributed by atoms with van der Waals surface area (Å²) in [4.78, 5) is 13.7. The van der Waals surface area contributed by atoms with Crippen LogP contribution < -0.4 is 0 Å². The number of nitrogens with zero attached hydrogens (tertiary/aromatic N) is 1. The molecule has 1 aliphatic rings. The number of aromatic carboxylic acids is 1. The van der Waals surface area contributed by atoms with E-state index in [-0.39, 0.29) is 0 Å². The maximum Gasteiger partial charge on any atom is 0.335 e. The molecule has 1 saturated heterocycles. The molecule has 2 aromatic rings. The van der Waals surface area contributed by atoms with Crippen molar-refractivity contribution >= 4 is 21.9 Å². The van der Waals surface area contributed by atoms with E-state index in [4.69, 9.17) is 5.11 Å². The fourth-order valence-electron chi connectivity index (χ4n) is 3.47. The van der Waals surface area contributed by atoms with Gasteiger partial charge in [-0.3, -0.25) is 4.90 Å². The summed E-state index contributed by atoms with van der Waals surface area (Å²) in [6, 6.07) is 16.3. The maximum absolute atomic E-state index is 11.2. The summed E-state index contributed by atoms with van der Waals surface area (Å²) in [5, 5.41) is 9.17. The molecule has 1 unspecified atom stereocenters. The van der Waals surface area contributed by atoms with Crippen molar-refractivity contribution in [2.75, 3.05) is 6.54 Å². The Bertz CT molecular complexity index is 716. The van der Waals surface area contributed by atoms with Crippen molar-refractivity contribution < 1.29 is 9.90 Å². The number of carboxylic acids is 1. The predicted octanol–water partition coefficient (Wildman–Crippen LogP) is 4.74. The van der Waals surface area contributed by atoms with Crippen LogP contribution in [0.25, 0.3) is 0 Å². The third-order valence-electron chi connectivity index (χ3n) is 4.67. The van der Waals surface area contributed by atoms with Gasteiger partial charge in [-0.2, -0.15) is 0 Å². The third kappa shape index (κ3) is 4.46. The lowest BCUT2D eigenvalue weighted by Crippen LogP contribution is -2.40. The first kappa shape index (κ1) is 17.2. The summed E-state index contributed by atoms with van der Waals surface area (Å²) in [6.45, 7) is 1.90. The Morgan fingerprint density at radius 3 is 2.71 bits per heavy atom. The van der Waals surface area contributed by atoms with Gasteiger partial charge in [0.1, 0.15) is 0 Å². The van der Waals surface area contributed by atoms with E-state index in [1.165, 1.54) is 24.8 Å². The fourth-order valence-corrected chi connectivity index (χ4v) is 3.92.